The number of hydrogen-bond acceptors (Lipinski definition) is 4. The van der Waals surface area contributed by atoms with Crippen molar-refractivity contribution < 1.29 is 9.53 Å². The average Bonchev–Trinajstić information content (AvgIpc) is 2.52. The van der Waals surface area contributed by atoms with Crippen molar-refractivity contribution in [3.05, 3.63) is 58.1 Å². The highest BCUT2D eigenvalue weighted by Crippen LogP contribution is 2.33. The molecule has 2 aromatic rings. The zero-order chi connectivity index (χ0) is 16.8. The largest absolute Gasteiger partial charge is 0.461 e. The lowest BCUT2D eigenvalue weighted by Gasteiger charge is -2.15. The molecule has 1 atom stereocenters. The summed E-state index contributed by atoms with van der Waals surface area (Å²) in [5.74, 6) is -0.331. The molecule has 0 bridgehead atoms. The van der Waals surface area contributed by atoms with E-state index in [2.05, 4.69) is 5.32 Å². The maximum atomic E-state index is 12.0. The van der Waals surface area contributed by atoms with Gasteiger partial charge in [-0.1, -0.05) is 47.5 Å². The van der Waals surface area contributed by atoms with Crippen molar-refractivity contribution in [3.63, 3.8) is 0 Å². The van der Waals surface area contributed by atoms with Gasteiger partial charge in [-0.3, -0.25) is 4.79 Å². The number of nitrogens with one attached hydrogen (secondary N) is 1. The molecule has 23 heavy (non-hydrogen) atoms. The van der Waals surface area contributed by atoms with Crippen molar-refractivity contribution in [3.8, 4) is 0 Å². The number of anilines is 2. The Hall–Kier alpha value is -1.75. The fourth-order valence-electron chi connectivity index (χ4n) is 2.02. The molecule has 2 rings (SSSR count). The van der Waals surface area contributed by atoms with Crippen LogP contribution in [0.5, 0.6) is 0 Å². The van der Waals surface area contributed by atoms with Crippen LogP contribution in [0.2, 0.25) is 10.0 Å². The smallest absolute Gasteiger partial charge is 0.310 e. The highest BCUT2D eigenvalue weighted by Gasteiger charge is 2.13. The lowest BCUT2D eigenvalue weighted by Crippen LogP contribution is -2.24. The van der Waals surface area contributed by atoms with E-state index in [1.165, 1.54) is 0 Å². The molecule has 2 aromatic carbocycles. The first kappa shape index (κ1) is 17.6. The number of nitrogens with two attached hydrogens (primary N) is 1. The first-order valence-electron chi connectivity index (χ1n) is 7.19. The summed E-state index contributed by atoms with van der Waals surface area (Å²) in [4.78, 5) is 12.0. The fourth-order valence-corrected chi connectivity index (χ4v) is 2.51. The fraction of sp³-hybridized carbons (Fsp3) is 0.235. The minimum atomic E-state index is -0.331. The SMILES string of the molecule is CC(CN)OC(=O)Cc1ccccc1Nc1c(Cl)cccc1Cl. The Morgan fingerprint density at radius 1 is 1.17 bits per heavy atom. The Balaban J connectivity index is 2.19. The van der Waals surface area contributed by atoms with Gasteiger partial charge in [0.15, 0.2) is 0 Å². The number of hydrogen-bond donors (Lipinski definition) is 2. The van der Waals surface area contributed by atoms with Gasteiger partial charge in [0.1, 0.15) is 6.10 Å². The Morgan fingerprint density at radius 2 is 1.83 bits per heavy atom. The standard InChI is InChI=1S/C17H18Cl2N2O2/c1-11(10-20)23-16(22)9-12-5-2-3-8-15(12)21-17-13(18)6-4-7-14(17)19/h2-8,11,21H,9-10,20H2,1H3. The van der Waals surface area contributed by atoms with Crippen LogP contribution in [0.1, 0.15) is 12.5 Å². The summed E-state index contributed by atoms with van der Waals surface area (Å²) in [5.41, 5.74) is 7.60. The molecular formula is C17H18Cl2N2O2. The molecule has 0 aromatic heterocycles. The first-order valence-corrected chi connectivity index (χ1v) is 7.95. The number of carbonyl (C=O) groups excluding carboxylic acids is 1. The van der Waals surface area contributed by atoms with Gasteiger partial charge in [0.25, 0.3) is 0 Å². The van der Waals surface area contributed by atoms with E-state index in [1.54, 1.807) is 25.1 Å². The highest BCUT2D eigenvalue weighted by atomic mass is 35.5. The van der Waals surface area contributed by atoms with E-state index in [9.17, 15) is 4.79 Å². The van der Waals surface area contributed by atoms with Crippen LogP contribution < -0.4 is 11.1 Å². The van der Waals surface area contributed by atoms with Gasteiger partial charge in [-0.05, 0) is 30.7 Å². The van der Waals surface area contributed by atoms with E-state index in [4.69, 9.17) is 33.7 Å². The Labute approximate surface area is 145 Å². The molecule has 0 aliphatic carbocycles. The Kier molecular flexibility index (Phi) is 6.28. The topological polar surface area (TPSA) is 64.3 Å². The van der Waals surface area contributed by atoms with Gasteiger partial charge in [0, 0.05) is 12.2 Å². The minimum Gasteiger partial charge on any atom is -0.461 e. The third-order valence-corrected chi connectivity index (χ3v) is 3.87. The van der Waals surface area contributed by atoms with Crippen molar-refractivity contribution in [2.24, 2.45) is 5.73 Å². The highest BCUT2D eigenvalue weighted by molar-refractivity contribution is 6.39. The molecule has 3 N–H and O–H groups in total. The molecule has 4 nitrogen and oxygen atoms in total. The third-order valence-electron chi connectivity index (χ3n) is 3.24. The van der Waals surface area contributed by atoms with Crippen molar-refractivity contribution in [1.29, 1.82) is 0 Å². The molecule has 6 heteroatoms. The van der Waals surface area contributed by atoms with Gasteiger partial charge in [-0.15, -0.1) is 0 Å². The molecule has 0 amide bonds. The summed E-state index contributed by atoms with van der Waals surface area (Å²) in [6.07, 6.45) is -0.170. The number of carbonyl (C=O) groups is 1. The van der Waals surface area contributed by atoms with Crippen LogP contribution in [-0.4, -0.2) is 18.6 Å². The van der Waals surface area contributed by atoms with Crippen LogP contribution in [-0.2, 0) is 16.0 Å². The zero-order valence-corrected chi connectivity index (χ0v) is 14.2. The number of esters is 1. The molecular weight excluding hydrogens is 335 g/mol. The van der Waals surface area contributed by atoms with Crippen molar-refractivity contribution in [1.82, 2.24) is 0 Å². The molecule has 0 heterocycles. The molecule has 0 spiro atoms. The van der Waals surface area contributed by atoms with Crippen LogP contribution >= 0.6 is 23.2 Å². The van der Waals surface area contributed by atoms with E-state index >= 15 is 0 Å². The molecule has 0 aliphatic rings. The normalized spacial score (nSPS) is 11.8. The van der Waals surface area contributed by atoms with E-state index < -0.39 is 0 Å². The van der Waals surface area contributed by atoms with Gasteiger partial charge >= 0.3 is 5.97 Å². The van der Waals surface area contributed by atoms with Gasteiger partial charge in [0.05, 0.1) is 22.2 Å². The van der Waals surface area contributed by atoms with Crippen LogP contribution in [0.15, 0.2) is 42.5 Å². The Morgan fingerprint density at radius 3 is 2.48 bits per heavy atom. The van der Waals surface area contributed by atoms with Crippen LogP contribution in [0, 0.1) is 0 Å². The van der Waals surface area contributed by atoms with E-state index in [-0.39, 0.29) is 18.5 Å². The van der Waals surface area contributed by atoms with Crippen molar-refractivity contribution in [2.45, 2.75) is 19.4 Å². The lowest BCUT2D eigenvalue weighted by molar-refractivity contribution is -0.146. The third kappa shape index (κ3) is 4.86. The molecule has 122 valence electrons. The molecule has 0 aliphatic heterocycles. The zero-order valence-electron chi connectivity index (χ0n) is 12.7. The molecule has 1 unspecified atom stereocenters. The summed E-state index contributed by atoms with van der Waals surface area (Å²) in [6.45, 7) is 2.05. The quantitative estimate of drug-likeness (QED) is 0.765. The van der Waals surface area contributed by atoms with Gasteiger partial charge in [0.2, 0.25) is 0 Å². The van der Waals surface area contributed by atoms with Crippen LogP contribution in [0.25, 0.3) is 0 Å². The second-order valence-corrected chi connectivity index (χ2v) is 5.91. The van der Waals surface area contributed by atoms with Crippen molar-refractivity contribution in [2.75, 3.05) is 11.9 Å². The number of para-hydroxylation sites is 2. The van der Waals surface area contributed by atoms with Gasteiger partial charge < -0.3 is 15.8 Å². The molecule has 0 radical (unpaired) electrons. The monoisotopic (exact) mass is 352 g/mol. The second-order valence-electron chi connectivity index (χ2n) is 5.09. The van der Waals surface area contributed by atoms with Gasteiger partial charge in [-0.2, -0.15) is 0 Å². The Bertz CT molecular complexity index is 672. The van der Waals surface area contributed by atoms with Crippen LogP contribution in [0.4, 0.5) is 11.4 Å². The number of benzene rings is 2. The predicted octanol–water partition coefficient (Wildman–Crippen LogP) is 4.17. The predicted molar refractivity (Wildman–Crippen MR) is 94.5 cm³/mol. The summed E-state index contributed by atoms with van der Waals surface area (Å²) in [5, 5.41) is 4.20. The molecule has 0 saturated carbocycles. The maximum Gasteiger partial charge on any atom is 0.310 e. The summed E-state index contributed by atoms with van der Waals surface area (Å²) in [6, 6.07) is 12.7. The number of rotatable bonds is 6. The molecule has 0 saturated heterocycles. The van der Waals surface area contributed by atoms with E-state index in [1.807, 2.05) is 24.3 Å². The summed E-state index contributed by atoms with van der Waals surface area (Å²) < 4.78 is 5.21. The van der Waals surface area contributed by atoms with E-state index in [0.717, 1.165) is 11.3 Å². The lowest BCUT2D eigenvalue weighted by atomic mass is 10.1. The molecule has 0 fully saturated rings. The number of halogens is 2. The second kappa shape index (κ2) is 8.20. The summed E-state index contributed by atoms with van der Waals surface area (Å²) >= 11 is 12.3. The average molecular weight is 353 g/mol. The summed E-state index contributed by atoms with van der Waals surface area (Å²) in [7, 11) is 0. The minimum absolute atomic E-state index is 0.135. The van der Waals surface area contributed by atoms with E-state index in [0.29, 0.717) is 22.3 Å². The van der Waals surface area contributed by atoms with Crippen LogP contribution in [0.3, 0.4) is 0 Å². The van der Waals surface area contributed by atoms with Gasteiger partial charge in [-0.25, -0.2) is 0 Å². The number of ether oxygens (including phenoxy) is 1. The van der Waals surface area contributed by atoms with Crippen molar-refractivity contribution >= 4 is 40.5 Å². The first-order chi connectivity index (χ1) is 11.0. The maximum absolute atomic E-state index is 12.0.